The minimum Gasteiger partial charge on any atom is -0.347 e. The summed E-state index contributed by atoms with van der Waals surface area (Å²) in [5, 5.41) is 3.01. The van der Waals surface area contributed by atoms with E-state index in [0.29, 0.717) is 10.0 Å². The number of halogens is 2. The highest BCUT2D eigenvalue weighted by atomic mass is 79.9. The summed E-state index contributed by atoms with van der Waals surface area (Å²) in [6, 6.07) is 4.69. The van der Waals surface area contributed by atoms with Crippen molar-refractivity contribution < 1.29 is 9.18 Å². The van der Waals surface area contributed by atoms with Crippen molar-refractivity contribution in [3.63, 3.8) is 0 Å². The lowest BCUT2D eigenvalue weighted by Gasteiger charge is -2.22. The van der Waals surface area contributed by atoms with Crippen molar-refractivity contribution in [1.29, 1.82) is 0 Å². The van der Waals surface area contributed by atoms with Gasteiger partial charge in [-0.05, 0) is 53.4 Å². The fourth-order valence-electron chi connectivity index (χ4n) is 2.82. The molecule has 1 amide bonds. The predicted octanol–water partition coefficient (Wildman–Crippen LogP) is 3.31. The lowest BCUT2D eigenvalue weighted by Crippen LogP contribution is -2.38. The molecule has 2 atom stereocenters. The van der Waals surface area contributed by atoms with E-state index in [0.717, 1.165) is 19.3 Å². The summed E-state index contributed by atoms with van der Waals surface area (Å²) < 4.78 is 15.9. The van der Waals surface area contributed by atoms with Crippen LogP contribution in [-0.4, -0.2) is 21.5 Å². The summed E-state index contributed by atoms with van der Waals surface area (Å²) >= 11 is 3.09. The van der Waals surface area contributed by atoms with Gasteiger partial charge in [-0.2, -0.15) is 0 Å². The Balaban J connectivity index is 1.73. The second-order valence-electron chi connectivity index (χ2n) is 5.22. The van der Waals surface area contributed by atoms with Crippen LogP contribution in [0.2, 0.25) is 0 Å². The minimum atomic E-state index is -0.430. The van der Waals surface area contributed by atoms with Gasteiger partial charge in [-0.1, -0.05) is 0 Å². The van der Waals surface area contributed by atoms with E-state index >= 15 is 0 Å². The number of imidazole rings is 1. The molecule has 4 nitrogen and oxygen atoms in total. The van der Waals surface area contributed by atoms with Gasteiger partial charge in [0.05, 0.1) is 16.8 Å². The maximum atomic E-state index is 13.5. The molecule has 0 aliphatic heterocycles. The third kappa shape index (κ3) is 3.00. The summed E-state index contributed by atoms with van der Waals surface area (Å²) in [6.45, 7) is 0. The summed E-state index contributed by atoms with van der Waals surface area (Å²) in [7, 11) is 0. The van der Waals surface area contributed by atoms with E-state index in [2.05, 4.69) is 26.2 Å². The molecule has 3 rings (SSSR count). The first-order valence-corrected chi connectivity index (χ1v) is 7.68. The number of amides is 1. The highest BCUT2D eigenvalue weighted by Gasteiger charge is 2.29. The average molecular weight is 352 g/mol. The van der Waals surface area contributed by atoms with Crippen molar-refractivity contribution >= 4 is 21.8 Å². The zero-order chi connectivity index (χ0) is 14.8. The van der Waals surface area contributed by atoms with Crippen LogP contribution in [0.15, 0.2) is 41.4 Å². The zero-order valence-electron chi connectivity index (χ0n) is 11.3. The van der Waals surface area contributed by atoms with Crippen LogP contribution >= 0.6 is 15.9 Å². The summed E-state index contributed by atoms with van der Waals surface area (Å²) in [4.78, 5) is 16.3. The molecule has 1 aromatic heterocycles. The van der Waals surface area contributed by atoms with Crippen LogP contribution in [0.25, 0.3) is 0 Å². The van der Waals surface area contributed by atoms with Gasteiger partial charge in [-0.25, -0.2) is 9.37 Å². The molecule has 1 N–H and O–H groups in total. The molecular formula is C15H15BrFN3O. The third-order valence-corrected chi connectivity index (χ3v) is 4.53. The molecule has 1 aliphatic rings. The number of aromatic nitrogens is 2. The Labute approximate surface area is 130 Å². The first kappa shape index (κ1) is 14.3. The van der Waals surface area contributed by atoms with Crippen LogP contribution in [0, 0.1) is 5.82 Å². The van der Waals surface area contributed by atoms with Gasteiger partial charge in [0.2, 0.25) is 0 Å². The molecule has 2 aromatic rings. The number of carbonyl (C=O) groups is 1. The number of hydrogen-bond acceptors (Lipinski definition) is 2. The van der Waals surface area contributed by atoms with Crippen molar-refractivity contribution in [2.45, 2.75) is 31.3 Å². The van der Waals surface area contributed by atoms with Crippen molar-refractivity contribution in [3.05, 3.63) is 52.8 Å². The van der Waals surface area contributed by atoms with Crippen LogP contribution in [0.1, 0.15) is 35.7 Å². The number of nitrogens with one attached hydrogen (secondary N) is 1. The molecule has 1 aliphatic carbocycles. The van der Waals surface area contributed by atoms with Gasteiger partial charge in [-0.3, -0.25) is 4.79 Å². The average Bonchev–Trinajstić information content (AvgIpc) is 3.12. The van der Waals surface area contributed by atoms with Gasteiger partial charge >= 0.3 is 0 Å². The maximum Gasteiger partial charge on any atom is 0.251 e. The Morgan fingerprint density at radius 3 is 3.00 bits per heavy atom. The van der Waals surface area contributed by atoms with Gasteiger partial charge in [0.15, 0.2) is 0 Å². The monoisotopic (exact) mass is 351 g/mol. The highest BCUT2D eigenvalue weighted by molar-refractivity contribution is 9.10. The molecule has 0 bridgehead atoms. The van der Waals surface area contributed by atoms with Gasteiger partial charge in [0.25, 0.3) is 5.91 Å². The van der Waals surface area contributed by atoms with Crippen LogP contribution in [-0.2, 0) is 0 Å². The molecule has 0 saturated heterocycles. The van der Waals surface area contributed by atoms with Crippen LogP contribution < -0.4 is 5.32 Å². The molecule has 1 heterocycles. The molecule has 110 valence electrons. The van der Waals surface area contributed by atoms with E-state index in [1.807, 2.05) is 10.8 Å². The Morgan fingerprint density at radius 1 is 1.43 bits per heavy atom. The fraction of sp³-hybridized carbons (Fsp3) is 0.333. The lowest BCUT2D eigenvalue weighted by molar-refractivity contribution is 0.0928. The molecule has 1 aromatic carbocycles. The minimum absolute atomic E-state index is 0.0541. The fourth-order valence-corrected chi connectivity index (χ4v) is 3.07. The molecule has 21 heavy (non-hydrogen) atoms. The number of carbonyl (C=O) groups excluding carboxylic acids is 1. The summed E-state index contributed by atoms with van der Waals surface area (Å²) in [5.74, 6) is -0.668. The van der Waals surface area contributed by atoms with E-state index in [9.17, 15) is 9.18 Å². The van der Waals surface area contributed by atoms with Crippen LogP contribution in [0.4, 0.5) is 4.39 Å². The Bertz CT molecular complexity index is 644. The largest absolute Gasteiger partial charge is 0.347 e. The van der Waals surface area contributed by atoms with Crippen LogP contribution in [0.3, 0.4) is 0 Å². The molecule has 1 fully saturated rings. The lowest BCUT2D eigenvalue weighted by atomic mass is 10.1. The normalized spacial score (nSPS) is 21.4. The SMILES string of the molecule is O=C(NC1CCCC1n1ccnc1)c1ccc(Br)c(F)c1. The van der Waals surface area contributed by atoms with E-state index in [-0.39, 0.29) is 18.0 Å². The summed E-state index contributed by atoms with van der Waals surface area (Å²) in [6.07, 6.45) is 8.41. The first-order chi connectivity index (χ1) is 10.1. The highest BCUT2D eigenvalue weighted by Crippen LogP contribution is 2.30. The van der Waals surface area contributed by atoms with E-state index < -0.39 is 5.82 Å². The Morgan fingerprint density at radius 2 is 2.29 bits per heavy atom. The molecular weight excluding hydrogens is 337 g/mol. The van der Waals surface area contributed by atoms with Gasteiger partial charge in [-0.15, -0.1) is 0 Å². The Hall–Kier alpha value is -1.69. The van der Waals surface area contributed by atoms with Crippen LogP contribution in [0.5, 0.6) is 0 Å². The van der Waals surface area contributed by atoms with Crippen molar-refractivity contribution in [1.82, 2.24) is 14.9 Å². The van der Waals surface area contributed by atoms with Crippen molar-refractivity contribution in [2.75, 3.05) is 0 Å². The number of benzene rings is 1. The Kier molecular flexibility index (Phi) is 4.05. The quantitative estimate of drug-likeness (QED) is 0.921. The van der Waals surface area contributed by atoms with Gasteiger partial charge in [0, 0.05) is 24.0 Å². The molecule has 2 unspecified atom stereocenters. The predicted molar refractivity (Wildman–Crippen MR) is 80.5 cm³/mol. The molecule has 0 spiro atoms. The first-order valence-electron chi connectivity index (χ1n) is 6.88. The van der Waals surface area contributed by atoms with Gasteiger partial charge in [0.1, 0.15) is 5.82 Å². The number of rotatable bonds is 3. The maximum absolute atomic E-state index is 13.5. The molecule has 6 heteroatoms. The van der Waals surface area contributed by atoms with E-state index in [4.69, 9.17) is 0 Å². The third-order valence-electron chi connectivity index (χ3n) is 3.89. The van der Waals surface area contributed by atoms with Crippen molar-refractivity contribution in [3.8, 4) is 0 Å². The smallest absolute Gasteiger partial charge is 0.251 e. The molecule has 0 radical (unpaired) electrons. The second kappa shape index (κ2) is 5.97. The second-order valence-corrected chi connectivity index (χ2v) is 6.07. The van der Waals surface area contributed by atoms with Gasteiger partial charge < -0.3 is 9.88 Å². The number of hydrogen-bond donors (Lipinski definition) is 1. The topological polar surface area (TPSA) is 46.9 Å². The van der Waals surface area contributed by atoms with E-state index in [1.54, 1.807) is 24.7 Å². The molecule has 1 saturated carbocycles. The zero-order valence-corrected chi connectivity index (χ0v) is 12.9. The van der Waals surface area contributed by atoms with E-state index in [1.165, 1.54) is 6.07 Å². The number of nitrogens with zero attached hydrogens (tertiary/aromatic N) is 2. The standard InChI is InChI=1S/C15H15BrFN3O/c16-11-5-4-10(8-12(11)17)15(21)19-13-2-1-3-14(13)20-7-6-18-9-20/h4-9,13-14H,1-3H2,(H,19,21). The summed E-state index contributed by atoms with van der Waals surface area (Å²) in [5.41, 5.74) is 0.340. The van der Waals surface area contributed by atoms with Crippen molar-refractivity contribution in [2.24, 2.45) is 0 Å².